The zero-order valence-corrected chi connectivity index (χ0v) is 8.05. The third-order valence-electron chi connectivity index (χ3n) is 0.560. The summed E-state index contributed by atoms with van der Waals surface area (Å²) in [7, 11) is 0. The lowest BCUT2D eigenvalue weighted by molar-refractivity contribution is 1.55. The van der Waals surface area contributed by atoms with E-state index < -0.39 is 0 Å². The van der Waals surface area contributed by atoms with Crippen LogP contribution >= 0.6 is 31.9 Å². The van der Waals surface area contributed by atoms with E-state index in [1.165, 1.54) is 0 Å². The minimum Gasteiger partial charge on any atom is -0.0907 e. The molecule has 0 aromatic carbocycles. The molecule has 0 N–H and O–H groups in total. The first-order valence-electron chi connectivity index (χ1n) is 2.45. The fourth-order valence-corrected chi connectivity index (χ4v) is 0.660. The quantitative estimate of drug-likeness (QED) is 0.456. The van der Waals surface area contributed by atoms with Crippen molar-refractivity contribution in [1.82, 2.24) is 0 Å². The summed E-state index contributed by atoms with van der Waals surface area (Å²) in [5.41, 5.74) is 0. The summed E-state index contributed by atoms with van der Waals surface area (Å²) in [5.74, 6) is 11.5. The van der Waals surface area contributed by atoms with Crippen LogP contribution in [0.3, 0.4) is 0 Å². The molecule has 0 atom stereocenters. The Morgan fingerprint density at radius 1 is 0.778 bits per heavy atom. The van der Waals surface area contributed by atoms with Crippen LogP contribution in [-0.2, 0) is 0 Å². The number of rotatable bonds is 0. The van der Waals surface area contributed by atoms with Crippen LogP contribution in [0.15, 0.2) is 0 Å². The van der Waals surface area contributed by atoms with E-state index in [1.807, 2.05) is 0 Å². The SMILES string of the molecule is BrCC#CCC#CCBr. The third kappa shape index (κ3) is 8.08. The average molecular weight is 250 g/mol. The third-order valence-corrected chi connectivity index (χ3v) is 1.12. The van der Waals surface area contributed by atoms with Crippen LogP contribution in [0, 0.1) is 23.7 Å². The highest BCUT2D eigenvalue weighted by atomic mass is 79.9. The first kappa shape index (κ1) is 9.08. The van der Waals surface area contributed by atoms with Gasteiger partial charge in [-0.25, -0.2) is 0 Å². The summed E-state index contributed by atoms with van der Waals surface area (Å²) in [6, 6.07) is 0. The Morgan fingerprint density at radius 2 is 1.22 bits per heavy atom. The van der Waals surface area contributed by atoms with Crippen molar-refractivity contribution in [2.24, 2.45) is 0 Å². The van der Waals surface area contributed by atoms with E-state index in [0.29, 0.717) is 6.42 Å². The number of halogens is 2. The van der Waals surface area contributed by atoms with Crippen molar-refractivity contribution in [3.63, 3.8) is 0 Å². The van der Waals surface area contributed by atoms with Crippen LogP contribution in [-0.4, -0.2) is 10.7 Å². The predicted octanol–water partition coefficient (Wildman–Crippen LogP) is 2.17. The van der Waals surface area contributed by atoms with Crippen molar-refractivity contribution in [2.75, 3.05) is 10.7 Å². The summed E-state index contributed by atoms with van der Waals surface area (Å²) in [5, 5.41) is 1.48. The molecule has 0 nitrogen and oxygen atoms in total. The molecule has 0 saturated carbocycles. The van der Waals surface area contributed by atoms with Crippen LogP contribution in [0.2, 0.25) is 0 Å². The molecule has 0 aliphatic heterocycles. The maximum Gasteiger partial charge on any atom is 0.0703 e. The summed E-state index contributed by atoms with van der Waals surface area (Å²) < 4.78 is 0. The fourth-order valence-electron chi connectivity index (χ4n) is 0.264. The first-order chi connectivity index (χ1) is 4.41. The Morgan fingerprint density at radius 3 is 1.56 bits per heavy atom. The van der Waals surface area contributed by atoms with Gasteiger partial charge in [0, 0.05) is 0 Å². The van der Waals surface area contributed by atoms with Gasteiger partial charge in [0.1, 0.15) is 0 Å². The van der Waals surface area contributed by atoms with Gasteiger partial charge in [0.15, 0.2) is 0 Å². The van der Waals surface area contributed by atoms with Gasteiger partial charge in [-0.2, -0.15) is 0 Å². The van der Waals surface area contributed by atoms with Gasteiger partial charge in [-0.05, 0) is 0 Å². The molecule has 0 heterocycles. The van der Waals surface area contributed by atoms with E-state index in [2.05, 4.69) is 55.5 Å². The molecular formula is C7H6Br2. The van der Waals surface area contributed by atoms with Gasteiger partial charge < -0.3 is 0 Å². The smallest absolute Gasteiger partial charge is 0.0703 e. The molecule has 0 rings (SSSR count). The van der Waals surface area contributed by atoms with Gasteiger partial charge in [-0.3, -0.25) is 0 Å². The predicted molar refractivity (Wildman–Crippen MR) is 47.8 cm³/mol. The molecule has 0 spiro atoms. The standard InChI is InChI=1S/C7H6Br2/c8-6-4-2-1-3-5-7-9/h1,6-7H2. The summed E-state index contributed by atoms with van der Waals surface area (Å²) in [6.07, 6.45) is 0.678. The second-order valence-corrected chi connectivity index (χ2v) is 2.27. The van der Waals surface area contributed by atoms with Gasteiger partial charge >= 0.3 is 0 Å². The second kappa shape index (κ2) is 8.08. The topological polar surface area (TPSA) is 0 Å². The zero-order valence-electron chi connectivity index (χ0n) is 4.88. The van der Waals surface area contributed by atoms with Crippen molar-refractivity contribution in [3.05, 3.63) is 0 Å². The van der Waals surface area contributed by atoms with Gasteiger partial charge in [-0.1, -0.05) is 55.5 Å². The molecule has 0 saturated heterocycles. The molecule has 0 fully saturated rings. The van der Waals surface area contributed by atoms with Crippen molar-refractivity contribution < 1.29 is 0 Å². The van der Waals surface area contributed by atoms with E-state index in [0.717, 1.165) is 10.7 Å². The van der Waals surface area contributed by atoms with Gasteiger partial charge in [0.25, 0.3) is 0 Å². The monoisotopic (exact) mass is 248 g/mol. The van der Waals surface area contributed by atoms with Crippen LogP contribution in [0.1, 0.15) is 6.42 Å². The van der Waals surface area contributed by atoms with Crippen molar-refractivity contribution in [1.29, 1.82) is 0 Å². The number of hydrogen-bond donors (Lipinski definition) is 0. The van der Waals surface area contributed by atoms with Crippen molar-refractivity contribution >= 4 is 31.9 Å². The Kier molecular flexibility index (Phi) is 8.15. The van der Waals surface area contributed by atoms with Gasteiger partial charge in [-0.15, -0.1) is 0 Å². The van der Waals surface area contributed by atoms with Crippen LogP contribution in [0.5, 0.6) is 0 Å². The van der Waals surface area contributed by atoms with Gasteiger partial charge in [0.2, 0.25) is 0 Å². The maximum atomic E-state index is 3.19. The normalized spacial score (nSPS) is 6.44. The molecule has 0 radical (unpaired) electrons. The highest BCUT2D eigenvalue weighted by Gasteiger charge is 1.65. The van der Waals surface area contributed by atoms with E-state index >= 15 is 0 Å². The highest BCUT2D eigenvalue weighted by molar-refractivity contribution is 9.09. The number of alkyl halides is 2. The molecule has 0 bridgehead atoms. The minimum atomic E-state index is 0.678. The van der Waals surface area contributed by atoms with Crippen molar-refractivity contribution in [3.8, 4) is 23.7 Å². The second-order valence-electron chi connectivity index (χ2n) is 1.15. The Labute approximate surface area is 72.7 Å². The average Bonchev–Trinajstić information content (AvgIpc) is 1.89. The fraction of sp³-hybridized carbons (Fsp3) is 0.429. The molecule has 48 valence electrons. The maximum absolute atomic E-state index is 3.19. The molecule has 2 heteroatoms. The Bertz CT molecular complexity index is 143. The van der Waals surface area contributed by atoms with E-state index in [-0.39, 0.29) is 0 Å². The lowest BCUT2D eigenvalue weighted by atomic mass is 10.4. The summed E-state index contributed by atoms with van der Waals surface area (Å²) in [4.78, 5) is 0. The molecule has 0 aromatic rings. The lowest BCUT2D eigenvalue weighted by Crippen LogP contribution is -1.63. The van der Waals surface area contributed by atoms with Crippen molar-refractivity contribution in [2.45, 2.75) is 6.42 Å². The van der Waals surface area contributed by atoms with Crippen LogP contribution in [0.4, 0.5) is 0 Å². The molecule has 0 unspecified atom stereocenters. The van der Waals surface area contributed by atoms with E-state index in [9.17, 15) is 0 Å². The van der Waals surface area contributed by atoms with Gasteiger partial charge in [0.05, 0.1) is 17.1 Å². The lowest BCUT2D eigenvalue weighted by Gasteiger charge is -1.69. The van der Waals surface area contributed by atoms with Crippen LogP contribution in [0.25, 0.3) is 0 Å². The molecule has 9 heavy (non-hydrogen) atoms. The molecule has 0 aromatic heterocycles. The van der Waals surface area contributed by atoms with E-state index in [1.54, 1.807) is 0 Å². The summed E-state index contributed by atoms with van der Waals surface area (Å²) in [6.45, 7) is 0. The number of hydrogen-bond acceptors (Lipinski definition) is 0. The van der Waals surface area contributed by atoms with Crippen LogP contribution < -0.4 is 0 Å². The first-order valence-corrected chi connectivity index (χ1v) is 4.69. The molecule has 0 aliphatic carbocycles. The minimum absolute atomic E-state index is 0.678. The molecule has 0 aliphatic rings. The zero-order chi connectivity index (χ0) is 6.95. The molecular weight excluding hydrogens is 244 g/mol. The summed E-state index contributed by atoms with van der Waals surface area (Å²) >= 11 is 6.37. The Hall–Kier alpha value is 0.0800. The molecule has 0 amide bonds. The Balaban J connectivity index is 3.28. The highest BCUT2D eigenvalue weighted by Crippen LogP contribution is 1.77. The van der Waals surface area contributed by atoms with E-state index in [4.69, 9.17) is 0 Å². The largest absolute Gasteiger partial charge is 0.0907 e.